The number of allylic oxidation sites excluding steroid dienone is 3. The van der Waals surface area contributed by atoms with Gasteiger partial charge in [-0.25, -0.2) is 4.57 Å². The lowest BCUT2D eigenvalue weighted by Crippen LogP contribution is -2.43. The first-order valence-corrected chi connectivity index (χ1v) is 18.7. The van der Waals surface area contributed by atoms with Crippen molar-refractivity contribution in [1.29, 1.82) is 0 Å². The summed E-state index contributed by atoms with van der Waals surface area (Å²) in [4.78, 5) is 47.9. The molecular weight excluding hydrogens is 645 g/mol. The second-order valence-electron chi connectivity index (χ2n) is 14.6. The van der Waals surface area contributed by atoms with Gasteiger partial charge in [-0.15, -0.1) is 0 Å². The van der Waals surface area contributed by atoms with Crippen LogP contribution in [0.2, 0.25) is 0 Å². The number of hydrogen-bond donors (Lipinski definition) is 4. The van der Waals surface area contributed by atoms with Crippen LogP contribution in [0.15, 0.2) is 23.8 Å². The minimum atomic E-state index is -4.41. The van der Waals surface area contributed by atoms with Crippen LogP contribution in [0.25, 0.3) is 0 Å². The van der Waals surface area contributed by atoms with Gasteiger partial charge in [0.1, 0.15) is 18.3 Å². The maximum Gasteiger partial charge on any atom is 0.472 e. The second kappa shape index (κ2) is 16.7. The lowest BCUT2D eigenvalue weighted by atomic mass is 9.65. The number of phosphoric acid groups is 1. The minimum absolute atomic E-state index is 0.0146. The summed E-state index contributed by atoms with van der Waals surface area (Å²) in [6.07, 6.45) is 6.70. The third-order valence-corrected chi connectivity index (χ3v) is 10.9. The van der Waals surface area contributed by atoms with Gasteiger partial charge in [0.25, 0.3) is 0 Å². The van der Waals surface area contributed by atoms with Gasteiger partial charge in [0, 0.05) is 31.7 Å². The van der Waals surface area contributed by atoms with Crippen LogP contribution in [0.4, 0.5) is 0 Å². The van der Waals surface area contributed by atoms with E-state index in [0.29, 0.717) is 25.7 Å². The second-order valence-corrected chi connectivity index (χ2v) is 16.1. The summed E-state index contributed by atoms with van der Waals surface area (Å²) in [7, 11) is -4.41. The maximum absolute atomic E-state index is 13.6. The molecule has 0 aromatic heterocycles. The molecule has 0 aromatic carbocycles. The van der Waals surface area contributed by atoms with E-state index in [4.69, 9.17) is 23.3 Å². The predicted octanol–water partition coefficient (Wildman–Crippen LogP) is 3.74. The molecule has 2 aliphatic carbocycles. The molecule has 2 heterocycles. The molecule has 2 saturated heterocycles. The Labute approximate surface area is 283 Å². The molecule has 272 valence electrons. The molecule has 4 N–H and O–H groups in total. The molecule has 0 radical (unpaired) electrons. The van der Waals surface area contributed by atoms with E-state index in [0.717, 1.165) is 12.0 Å². The van der Waals surface area contributed by atoms with E-state index in [1.165, 1.54) is 0 Å². The summed E-state index contributed by atoms with van der Waals surface area (Å²) in [6, 6.07) is 0. The van der Waals surface area contributed by atoms with Gasteiger partial charge in [-0.05, 0) is 69.8 Å². The monoisotopic (exact) mass is 699 g/mol. The number of cyclic esters (lactones) is 1. The first-order valence-electron chi connectivity index (χ1n) is 17.2. The number of rotatable bonds is 15. The maximum atomic E-state index is 13.6. The molecule has 48 heavy (non-hydrogen) atoms. The number of phosphoric ester groups is 1. The molecule has 1 amide bonds. The number of amides is 1. The van der Waals surface area contributed by atoms with E-state index < -0.39 is 31.5 Å². The molecular formula is C34H54NO12P. The summed E-state index contributed by atoms with van der Waals surface area (Å²) in [5.74, 6) is -0.528. The van der Waals surface area contributed by atoms with E-state index in [-0.39, 0.29) is 98.9 Å². The van der Waals surface area contributed by atoms with Crippen molar-refractivity contribution in [3.63, 3.8) is 0 Å². The molecule has 0 spiro atoms. The Morgan fingerprint density at radius 3 is 2.54 bits per heavy atom. The number of fused-ring (bicyclic) bond motifs is 1. The number of aliphatic hydroxyl groups is 2. The van der Waals surface area contributed by atoms with Crippen molar-refractivity contribution in [2.75, 3.05) is 19.8 Å². The lowest BCUT2D eigenvalue weighted by molar-refractivity contribution is -0.166. The average Bonchev–Trinajstić information content (AvgIpc) is 3.32. The Morgan fingerprint density at radius 1 is 1.10 bits per heavy atom. The van der Waals surface area contributed by atoms with Crippen LogP contribution in [-0.4, -0.2) is 89.3 Å². The van der Waals surface area contributed by atoms with E-state index in [9.17, 15) is 34.1 Å². The molecule has 4 rings (SSSR count). The van der Waals surface area contributed by atoms with E-state index in [1.807, 2.05) is 0 Å². The Kier molecular flexibility index (Phi) is 13.5. The van der Waals surface area contributed by atoms with Crippen molar-refractivity contribution < 1.29 is 57.3 Å². The van der Waals surface area contributed by atoms with Crippen LogP contribution in [0, 0.1) is 29.1 Å². The van der Waals surface area contributed by atoms with Gasteiger partial charge in [-0.3, -0.25) is 23.4 Å². The van der Waals surface area contributed by atoms with Gasteiger partial charge in [0.2, 0.25) is 5.91 Å². The van der Waals surface area contributed by atoms with Gasteiger partial charge < -0.3 is 34.6 Å². The Balaban J connectivity index is 1.23. The fourth-order valence-electron chi connectivity index (χ4n) is 7.19. The predicted molar refractivity (Wildman–Crippen MR) is 174 cm³/mol. The molecule has 13 nitrogen and oxygen atoms in total. The zero-order chi connectivity index (χ0) is 35.2. The van der Waals surface area contributed by atoms with Crippen LogP contribution in [-0.2, 0) is 42.2 Å². The fourth-order valence-corrected chi connectivity index (χ4v) is 7.93. The van der Waals surface area contributed by atoms with E-state index in [2.05, 4.69) is 37.4 Å². The number of carbonyl (C=O) groups excluding carboxylic acids is 3. The summed E-state index contributed by atoms with van der Waals surface area (Å²) < 4.78 is 39.2. The van der Waals surface area contributed by atoms with Gasteiger partial charge in [-0.1, -0.05) is 32.1 Å². The van der Waals surface area contributed by atoms with Gasteiger partial charge in [0.15, 0.2) is 0 Å². The Bertz CT molecular complexity index is 1250. The molecule has 4 aliphatic rings. The smallest absolute Gasteiger partial charge is 0.462 e. The molecule has 2 aliphatic heterocycles. The third kappa shape index (κ3) is 10.9. The van der Waals surface area contributed by atoms with Crippen molar-refractivity contribution in [1.82, 2.24) is 5.32 Å². The highest BCUT2D eigenvalue weighted by molar-refractivity contribution is 7.47. The van der Waals surface area contributed by atoms with E-state index >= 15 is 0 Å². The zero-order valence-corrected chi connectivity index (χ0v) is 29.6. The van der Waals surface area contributed by atoms with Crippen molar-refractivity contribution in [2.24, 2.45) is 29.1 Å². The number of esters is 2. The largest absolute Gasteiger partial charge is 0.472 e. The van der Waals surface area contributed by atoms with Crippen molar-refractivity contribution in [3.8, 4) is 0 Å². The highest BCUT2D eigenvalue weighted by Gasteiger charge is 2.43. The Hall–Kier alpha value is -2.12. The molecule has 0 saturated carbocycles. The molecule has 2 fully saturated rings. The van der Waals surface area contributed by atoms with Gasteiger partial charge >= 0.3 is 19.8 Å². The summed E-state index contributed by atoms with van der Waals surface area (Å²) in [5.41, 5.74) is 0.196. The summed E-state index contributed by atoms with van der Waals surface area (Å²) in [5, 5.41) is 22.6. The molecule has 2 unspecified atom stereocenters. The third-order valence-electron chi connectivity index (χ3n) is 9.93. The van der Waals surface area contributed by atoms with E-state index in [1.54, 1.807) is 20.8 Å². The number of hydrogen-bond acceptors (Lipinski definition) is 11. The standard InChI is InChI=1S/C34H54NO12P/c1-20-14-23-7-6-21(2)26(9-8-25-17-24(36)18-31(39)46-25)32(23)28(15-20)47-33(40)34(4,5)11-10-30(38)35-12-13-43-48(41,42)44-19-29-27(37)16-22(3)45-29/h6-7,14,20-22,24-29,32,36-37H,8-13,15-19H2,1-5H3,(H,35,38)(H,41,42)/t20-,21-,22-,24+,25+,26-,27?,28-,29+,32-/m0/s1. The fraction of sp³-hybridized carbons (Fsp3) is 0.794. The SMILES string of the molecule is C[C@H]1C=C2C=C[C@H](C)[C@H](CC[C@@H]3C[C@@H](O)CC(=O)O3)[C@H]2[C@@H](OC(=O)C(C)(C)CCC(=O)NCCOP(=O)(O)OC[C@H]2O[C@@H](C)CC2O)C1. The zero-order valence-electron chi connectivity index (χ0n) is 28.7. The highest BCUT2D eigenvalue weighted by Crippen LogP contribution is 2.46. The quantitative estimate of drug-likeness (QED) is 0.110. The van der Waals surface area contributed by atoms with Crippen molar-refractivity contribution >= 4 is 25.7 Å². The molecule has 14 heteroatoms. The first-order chi connectivity index (χ1) is 22.5. The lowest BCUT2D eigenvalue weighted by Gasteiger charge is -2.44. The highest BCUT2D eigenvalue weighted by atomic mass is 31.2. The summed E-state index contributed by atoms with van der Waals surface area (Å²) in [6.45, 7) is 8.93. The van der Waals surface area contributed by atoms with Crippen molar-refractivity contribution in [2.45, 2.75) is 123 Å². The Morgan fingerprint density at radius 2 is 1.85 bits per heavy atom. The normalized spacial score (nSPS) is 34.8. The van der Waals surface area contributed by atoms with Crippen LogP contribution in [0.3, 0.4) is 0 Å². The number of carbonyl (C=O) groups is 3. The number of nitrogens with one attached hydrogen (secondary N) is 1. The molecule has 0 bridgehead atoms. The van der Waals surface area contributed by atoms with Crippen LogP contribution >= 0.6 is 7.82 Å². The van der Waals surface area contributed by atoms with Crippen LogP contribution < -0.4 is 5.32 Å². The van der Waals surface area contributed by atoms with Gasteiger partial charge in [0.05, 0.1) is 43.4 Å². The molecule has 11 atom stereocenters. The minimum Gasteiger partial charge on any atom is -0.462 e. The number of aliphatic hydroxyl groups excluding tert-OH is 2. The van der Waals surface area contributed by atoms with Crippen LogP contribution in [0.1, 0.15) is 86.0 Å². The average molecular weight is 700 g/mol. The van der Waals surface area contributed by atoms with Crippen molar-refractivity contribution in [3.05, 3.63) is 23.8 Å². The summed E-state index contributed by atoms with van der Waals surface area (Å²) >= 11 is 0. The van der Waals surface area contributed by atoms with Crippen LogP contribution in [0.5, 0.6) is 0 Å². The number of ether oxygens (including phenoxy) is 3. The molecule has 0 aromatic rings. The van der Waals surface area contributed by atoms with Gasteiger partial charge in [-0.2, -0.15) is 0 Å². The first kappa shape index (κ1) is 38.7. The topological polar surface area (TPSA) is 187 Å².